The van der Waals surface area contributed by atoms with E-state index in [4.69, 9.17) is 0 Å². The summed E-state index contributed by atoms with van der Waals surface area (Å²) in [7, 11) is 0. The molecule has 1 aromatic heterocycles. The number of ketones is 1. The van der Waals surface area contributed by atoms with Crippen molar-refractivity contribution in [3.63, 3.8) is 0 Å². The third-order valence-corrected chi connectivity index (χ3v) is 4.23. The average molecular weight is 284 g/mol. The van der Waals surface area contributed by atoms with Gasteiger partial charge < -0.3 is 0 Å². The number of thiazole rings is 1. The average Bonchev–Trinajstić information content (AvgIpc) is 2.81. The van der Waals surface area contributed by atoms with Gasteiger partial charge in [0.1, 0.15) is 5.01 Å². The van der Waals surface area contributed by atoms with Crippen molar-refractivity contribution < 1.29 is 4.79 Å². The molecule has 0 spiro atoms. The number of hydrogen-bond donors (Lipinski definition) is 0. The second-order valence-electron chi connectivity index (χ2n) is 4.96. The lowest BCUT2D eigenvalue weighted by Crippen LogP contribution is -2.14. The van der Waals surface area contributed by atoms with Gasteiger partial charge in [0.15, 0.2) is 11.7 Å². The normalized spacial score (nSPS) is 11.9. The summed E-state index contributed by atoms with van der Waals surface area (Å²) >= 11 is 1.37. The van der Waals surface area contributed by atoms with Crippen LogP contribution in [0.1, 0.15) is 33.3 Å². The standard InChI is InChI=1S/C16H16N2OS/c1-10-4-5-11(2)13(6-10)7-15(19)14(8-17)16-18-12(3)9-20-16/h4-6,9,14H,7H2,1-3H3/t14-/m0/s1. The Morgan fingerprint density at radius 1 is 1.40 bits per heavy atom. The van der Waals surface area contributed by atoms with Crippen molar-refractivity contribution in [3.05, 3.63) is 51.0 Å². The van der Waals surface area contributed by atoms with Crippen molar-refractivity contribution in [2.45, 2.75) is 33.1 Å². The van der Waals surface area contributed by atoms with E-state index >= 15 is 0 Å². The van der Waals surface area contributed by atoms with Crippen LogP contribution in [-0.2, 0) is 11.2 Å². The first kappa shape index (κ1) is 14.4. The van der Waals surface area contributed by atoms with E-state index in [1.807, 2.05) is 44.4 Å². The third kappa shape index (κ3) is 3.12. The molecule has 0 saturated heterocycles. The molecule has 20 heavy (non-hydrogen) atoms. The molecule has 2 rings (SSSR count). The van der Waals surface area contributed by atoms with Crippen LogP contribution in [0.25, 0.3) is 0 Å². The number of carbonyl (C=O) groups is 1. The molecule has 1 heterocycles. The minimum atomic E-state index is -0.756. The van der Waals surface area contributed by atoms with Crippen molar-refractivity contribution in [2.75, 3.05) is 0 Å². The summed E-state index contributed by atoms with van der Waals surface area (Å²) in [6, 6.07) is 8.12. The van der Waals surface area contributed by atoms with E-state index < -0.39 is 5.92 Å². The molecule has 0 saturated carbocycles. The van der Waals surface area contributed by atoms with E-state index in [1.54, 1.807) is 0 Å². The fourth-order valence-corrected chi connectivity index (χ4v) is 2.91. The summed E-state index contributed by atoms with van der Waals surface area (Å²) in [5, 5.41) is 11.7. The molecule has 0 aliphatic rings. The number of carbonyl (C=O) groups excluding carboxylic acids is 1. The number of nitrogens with zero attached hydrogens (tertiary/aromatic N) is 2. The van der Waals surface area contributed by atoms with E-state index in [0.717, 1.165) is 22.4 Å². The SMILES string of the molecule is Cc1ccc(C)c(CC(=O)[C@H](C#N)c2nc(C)cs2)c1. The van der Waals surface area contributed by atoms with Crippen LogP contribution in [0.2, 0.25) is 0 Å². The molecule has 2 aromatic rings. The van der Waals surface area contributed by atoms with E-state index in [1.165, 1.54) is 11.3 Å². The second kappa shape index (κ2) is 5.98. The number of aryl methyl sites for hydroxylation is 3. The fourth-order valence-electron chi connectivity index (χ4n) is 2.05. The van der Waals surface area contributed by atoms with E-state index in [9.17, 15) is 10.1 Å². The van der Waals surface area contributed by atoms with Gasteiger partial charge in [0, 0.05) is 17.5 Å². The number of aromatic nitrogens is 1. The van der Waals surface area contributed by atoms with Gasteiger partial charge in [-0.2, -0.15) is 5.26 Å². The van der Waals surface area contributed by atoms with Gasteiger partial charge in [-0.15, -0.1) is 11.3 Å². The molecule has 1 atom stereocenters. The molecular weight excluding hydrogens is 268 g/mol. The van der Waals surface area contributed by atoms with Crippen LogP contribution >= 0.6 is 11.3 Å². The molecule has 4 heteroatoms. The topological polar surface area (TPSA) is 53.8 Å². The Kier molecular flexibility index (Phi) is 4.31. The zero-order chi connectivity index (χ0) is 14.7. The molecule has 0 N–H and O–H groups in total. The first-order chi connectivity index (χ1) is 9.51. The summed E-state index contributed by atoms with van der Waals surface area (Å²) < 4.78 is 0. The molecule has 1 aromatic carbocycles. The summed E-state index contributed by atoms with van der Waals surface area (Å²) in [6.07, 6.45) is 0.282. The molecule has 0 aliphatic heterocycles. The highest BCUT2D eigenvalue weighted by Gasteiger charge is 2.23. The summed E-state index contributed by atoms with van der Waals surface area (Å²) in [4.78, 5) is 16.6. The Morgan fingerprint density at radius 2 is 2.15 bits per heavy atom. The van der Waals surface area contributed by atoms with Gasteiger partial charge in [-0.05, 0) is 31.9 Å². The lowest BCUT2D eigenvalue weighted by atomic mass is 9.95. The minimum Gasteiger partial charge on any atom is -0.297 e. The van der Waals surface area contributed by atoms with Gasteiger partial charge in [-0.1, -0.05) is 23.8 Å². The van der Waals surface area contributed by atoms with Crippen LogP contribution in [0.3, 0.4) is 0 Å². The van der Waals surface area contributed by atoms with Gasteiger partial charge in [-0.3, -0.25) is 4.79 Å². The Balaban J connectivity index is 2.22. The molecule has 0 aliphatic carbocycles. The van der Waals surface area contributed by atoms with Crippen LogP contribution < -0.4 is 0 Å². The Morgan fingerprint density at radius 3 is 2.75 bits per heavy atom. The second-order valence-corrected chi connectivity index (χ2v) is 5.85. The summed E-state index contributed by atoms with van der Waals surface area (Å²) in [6.45, 7) is 5.85. The van der Waals surface area contributed by atoms with Crippen molar-refractivity contribution in [1.29, 1.82) is 5.26 Å². The van der Waals surface area contributed by atoms with Crippen LogP contribution in [0.5, 0.6) is 0 Å². The van der Waals surface area contributed by atoms with Gasteiger partial charge in [-0.25, -0.2) is 4.98 Å². The molecule has 0 bridgehead atoms. The zero-order valence-corrected chi connectivity index (χ0v) is 12.6. The van der Waals surface area contributed by atoms with Crippen LogP contribution in [0, 0.1) is 32.1 Å². The quantitative estimate of drug-likeness (QED) is 0.863. The molecule has 0 radical (unpaired) electrons. The summed E-state index contributed by atoms with van der Waals surface area (Å²) in [5.74, 6) is -0.843. The number of hydrogen-bond acceptors (Lipinski definition) is 4. The van der Waals surface area contributed by atoms with Gasteiger partial charge in [0.25, 0.3) is 0 Å². The highest BCUT2D eigenvalue weighted by Crippen LogP contribution is 2.23. The summed E-state index contributed by atoms with van der Waals surface area (Å²) in [5.41, 5.74) is 4.04. The molecular formula is C16H16N2OS. The van der Waals surface area contributed by atoms with Gasteiger partial charge >= 0.3 is 0 Å². The third-order valence-electron chi connectivity index (χ3n) is 3.20. The highest BCUT2D eigenvalue weighted by molar-refractivity contribution is 7.09. The maximum absolute atomic E-state index is 12.4. The zero-order valence-electron chi connectivity index (χ0n) is 11.8. The number of Topliss-reactive ketones (excluding diaryl/α,β-unsaturated/α-hetero) is 1. The highest BCUT2D eigenvalue weighted by atomic mass is 32.1. The number of rotatable bonds is 4. The number of benzene rings is 1. The van der Waals surface area contributed by atoms with Gasteiger partial charge in [0.05, 0.1) is 6.07 Å². The van der Waals surface area contributed by atoms with E-state index in [-0.39, 0.29) is 12.2 Å². The molecule has 102 valence electrons. The lowest BCUT2D eigenvalue weighted by Gasteiger charge is -2.08. The van der Waals surface area contributed by atoms with Crippen LogP contribution in [-0.4, -0.2) is 10.8 Å². The minimum absolute atomic E-state index is 0.0875. The molecule has 0 amide bonds. The largest absolute Gasteiger partial charge is 0.297 e. The van der Waals surface area contributed by atoms with Crippen molar-refractivity contribution in [3.8, 4) is 6.07 Å². The Labute approximate surface area is 122 Å². The monoisotopic (exact) mass is 284 g/mol. The van der Waals surface area contributed by atoms with Crippen LogP contribution in [0.4, 0.5) is 0 Å². The smallest absolute Gasteiger partial charge is 0.161 e. The number of nitriles is 1. The molecule has 0 fully saturated rings. The molecule has 3 nitrogen and oxygen atoms in total. The van der Waals surface area contributed by atoms with Crippen molar-refractivity contribution >= 4 is 17.1 Å². The Hall–Kier alpha value is -1.99. The van der Waals surface area contributed by atoms with E-state index in [2.05, 4.69) is 11.1 Å². The fraction of sp³-hybridized carbons (Fsp3) is 0.312. The maximum atomic E-state index is 12.4. The first-order valence-corrected chi connectivity index (χ1v) is 7.29. The Bertz CT molecular complexity index is 682. The predicted molar refractivity (Wildman–Crippen MR) is 79.8 cm³/mol. The first-order valence-electron chi connectivity index (χ1n) is 6.41. The van der Waals surface area contributed by atoms with Crippen molar-refractivity contribution in [1.82, 2.24) is 4.98 Å². The van der Waals surface area contributed by atoms with Crippen molar-refractivity contribution in [2.24, 2.45) is 0 Å². The van der Waals surface area contributed by atoms with Crippen LogP contribution in [0.15, 0.2) is 23.6 Å². The predicted octanol–water partition coefficient (Wildman–Crippen LogP) is 3.49. The van der Waals surface area contributed by atoms with Gasteiger partial charge in [0.2, 0.25) is 0 Å². The molecule has 0 unspecified atom stereocenters. The lowest BCUT2D eigenvalue weighted by molar-refractivity contribution is -0.118. The van der Waals surface area contributed by atoms with E-state index in [0.29, 0.717) is 5.01 Å². The maximum Gasteiger partial charge on any atom is 0.161 e.